The van der Waals surface area contributed by atoms with E-state index >= 15 is 0 Å². The van der Waals surface area contributed by atoms with E-state index < -0.39 is 23.1 Å². The number of halogens is 2. The molecule has 3 rings (SSSR count). The first-order chi connectivity index (χ1) is 10.6. The van der Waals surface area contributed by atoms with Crippen molar-refractivity contribution in [3.63, 3.8) is 0 Å². The summed E-state index contributed by atoms with van der Waals surface area (Å²) in [6.07, 6.45) is 1.46. The second kappa shape index (κ2) is 5.26. The van der Waals surface area contributed by atoms with Crippen LogP contribution in [-0.4, -0.2) is 10.9 Å². The molecular weight excluding hydrogens is 292 g/mol. The highest BCUT2D eigenvalue weighted by Crippen LogP contribution is 2.28. The number of benzene rings is 1. The lowest BCUT2D eigenvalue weighted by atomic mass is 10.2. The first-order valence-corrected chi connectivity index (χ1v) is 6.15. The van der Waals surface area contributed by atoms with Crippen molar-refractivity contribution in [1.29, 1.82) is 5.26 Å². The molecule has 1 amide bonds. The number of fused-ring (bicyclic) bond motifs is 1. The van der Waals surface area contributed by atoms with E-state index in [0.717, 1.165) is 18.2 Å². The molecule has 0 aliphatic carbocycles. The number of anilines is 1. The van der Waals surface area contributed by atoms with Crippen LogP contribution in [0.4, 0.5) is 14.7 Å². The van der Waals surface area contributed by atoms with E-state index in [1.807, 2.05) is 6.07 Å². The molecule has 0 spiro atoms. The minimum Gasteiger partial charge on any atom is -0.437 e. The number of rotatable bonds is 2. The molecule has 5 nitrogen and oxygen atoms in total. The van der Waals surface area contributed by atoms with Gasteiger partial charge in [0.05, 0.1) is 0 Å². The average molecular weight is 299 g/mol. The molecule has 0 atom stereocenters. The third-order valence-electron chi connectivity index (χ3n) is 2.98. The van der Waals surface area contributed by atoms with Crippen molar-refractivity contribution < 1.29 is 18.0 Å². The van der Waals surface area contributed by atoms with Crippen LogP contribution >= 0.6 is 0 Å². The van der Waals surface area contributed by atoms with Gasteiger partial charge in [0, 0.05) is 6.20 Å². The number of furan rings is 1. The number of carbonyl (C=O) groups is 1. The summed E-state index contributed by atoms with van der Waals surface area (Å²) in [6.45, 7) is 0. The minimum atomic E-state index is -1.05. The molecule has 0 unspecified atom stereocenters. The lowest BCUT2D eigenvalue weighted by Gasteiger charge is -2.04. The van der Waals surface area contributed by atoms with Gasteiger partial charge in [0.25, 0.3) is 5.91 Å². The van der Waals surface area contributed by atoms with Crippen LogP contribution in [0.2, 0.25) is 0 Å². The van der Waals surface area contributed by atoms with Gasteiger partial charge in [-0.3, -0.25) is 15.1 Å². The smallest absolute Gasteiger partial charge is 0.263 e. The summed E-state index contributed by atoms with van der Waals surface area (Å²) in [4.78, 5) is 16.0. The number of pyridine rings is 1. The number of aromatic nitrogens is 1. The van der Waals surface area contributed by atoms with E-state index in [2.05, 4.69) is 10.3 Å². The topological polar surface area (TPSA) is 78.9 Å². The van der Waals surface area contributed by atoms with Crippen LogP contribution in [0.3, 0.4) is 0 Å². The maximum absolute atomic E-state index is 13.6. The summed E-state index contributed by atoms with van der Waals surface area (Å²) in [7, 11) is 0. The summed E-state index contributed by atoms with van der Waals surface area (Å²) in [6, 6.07) is 8.07. The Balaban J connectivity index is 2.04. The van der Waals surface area contributed by atoms with Crippen LogP contribution in [-0.2, 0) is 0 Å². The fourth-order valence-electron chi connectivity index (χ4n) is 2.00. The molecule has 1 N–H and O–H groups in total. The van der Waals surface area contributed by atoms with Crippen molar-refractivity contribution in [1.82, 2.24) is 4.98 Å². The average Bonchev–Trinajstić information content (AvgIpc) is 2.83. The molecular formula is C15H7F2N3O2. The van der Waals surface area contributed by atoms with E-state index in [1.54, 1.807) is 12.1 Å². The third kappa shape index (κ3) is 2.16. The lowest BCUT2D eigenvalue weighted by Crippen LogP contribution is -2.16. The van der Waals surface area contributed by atoms with Crippen LogP contribution in [0.25, 0.3) is 11.1 Å². The highest BCUT2D eigenvalue weighted by Gasteiger charge is 2.22. The highest BCUT2D eigenvalue weighted by atomic mass is 19.1. The van der Waals surface area contributed by atoms with Crippen LogP contribution in [0.5, 0.6) is 0 Å². The Bertz CT molecular complexity index is 908. The summed E-state index contributed by atoms with van der Waals surface area (Å²) in [5, 5.41) is 11.3. The van der Waals surface area contributed by atoms with Gasteiger partial charge >= 0.3 is 0 Å². The van der Waals surface area contributed by atoms with Gasteiger partial charge in [0.1, 0.15) is 34.3 Å². The second-order valence-corrected chi connectivity index (χ2v) is 4.32. The van der Waals surface area contributed by atoms with Crippen molar-refractivity contribution in [2.24, 2.45) is 0 Å². The van der Waals surface area contributed by atoms with Crippen LogP contribution in [0.1, 0.15) is 15.9 Å². The van der Waals surface area contributed by atoms with Crippen molar-refractivity contribution in [3.05, 3.63) is 59.3 Å². The first-order valence-electron chi connectivity index (χ1n) is 6.15. The standard InChI is InChI=1S/C15H7F2N3O2/c16-9-3-1-4-10(17)12(9)14(21)20-15-8(7-18)13-11(22-15)5-2-6-19-13/h1-6H,(H,20,21). The Hall–Kier alpha value is -3.27. The molecule has 2 aromatic heterocycles. The molecule has 1 aromatic carbocycles. The third-order valence-corrected chi connectivity index (χ3v) is 2.98. The Morgan fingerprint density at radius 3 is 2.64 bits per heavy atom. The van der Waals surface area contributed by atoms with Gasteiger partial charge < -0.3 is 4.42 Å². The van der Waals surface area contributed by atoms with Gasteiger partial charge in [-0.2, -0.15) is 5.26 Å². The summed E-state index contributed by atoms with van der Waals surface area (Å²) in [5.74, 6) is -3.27. The van der Waals surface area contributed by atoms with Crippen LogP contribution in [0.15, 0.2) is 40.9 Å². The predicted octanol–water partition coefficient (Wildman–Crippen LogP) is 3.23. The Morgan fingerprint density at radius 2 is 1.95 bits per heavy atom. The summed E-state index contributed by atoms with van der Waals surface area (Å²) in [5.41, 5.74) is -0.224. The molecule has 0 fully saturated rings. The quantitative estimate of drug-likeness (QED) is 0.788. The monoisotopic (exact) mass is 299 g/mol. The van der Waals surface area contributed by atoms with E-state index in [4.69, 9.17) is 9.68 Å². The van der Waals surface area contributed by atoms with Gasteiger partial charge in [0.15, 0.2) is 5.58 Å². The van der Waals surface area contributed by atoms with Gasteiger partial charge in [-0.25, -0.2) is 8.78 Å². The fraction of sp³-hybridized carbons (Fsp3) is 0. The van der Waals surface area contributed by atoms with Crippen molar-refractivity contribution in [3.8, 4) is 6.07 Å². The number of hydrogen-bond acceptors (Lipinski definition) is 4. The molecule has 0 saturated heterocycles. The number of amides is 1. The summed E-state index contributed by atoms with van der Waals surface area (Å²) < 4.78 is 32.5. The van der Waals surface area contributed by atoms with Crippen molar-refractivity contribution in [2.75, 3.05) is 5.32 Å². The number of hydrogen-bond donors (Lipinski definition) is 1. The van der Waals surface area contributed by atoms with Gasteiger partial charge in [0.2, 0.25) is 5.88 Å². The molecule has 0 bridgehead atoms. The van der Waals surface area contributed by atoms with E-state index in [0.29, 0.717) is 0 Å². The van der Waals surface area contributed by atoms with E-state index in [9.17, 15) is 13.6 Å². The number of nitriles is 1. The SMILES string of the molecule is N#Cc1c(NC(=O)c2c(F)cccc2F)oc2cccnc12. The molecule has 22 heavy (non-hydrogen) atoms. The van der Waals surface area contributed by atoms with Crippen LogP contribution in [0, 0.1) is 23.0 Å². The van der Waals surface area contributed by atoms with E-state index in [-0.39, 0.29) is 22.5 Å². The summed E-state index contributed by atoms with van der Waals surface area (Å²) >= 11 is 0. The predicted molar refractivity (Wildman–Crippen MR) is 73.0 cm³/mol. The van der Waals surface area contributed by atoms with E-state index in [1.165, 1.54) is 6.20 Å². The normalized spacial score (nSPS) is 10.4. The molecule has 0 radical (unpaired) electrons. The number of nitrogens with one attached hydrogen (secondary N) is 1. The molecule has 3 aromatic rings. The minimum absolute atomic E-state index is 0.0132. The van der Waals surface area contributed by atoms with Crippen molar-refractivity contribution in [2.45, 2.75) is 0 Å². The van der Waals surface area contributed by atoms with Crippen LogP contribution < -0.4 is 5.32 Å². The molecule has 0 aliphatic rings. The maximum atomic E-state index is 13.6. The first kappa shape index (κ1) is 13.7. The lowest BCUT2D eigenvalue weighted by molar-refractivity contribution is 0.101. The molecule has 7 heteroatoms. The highest BCUT2D eigenvalue weighted by molar-refractivity contribution is 6.05. The zero-order valence-electron chi connectivity index (χ0n) is 10.9. The molecule has 108 valence electrons. The number of carbonyl (C=O) groups excluding carboxylic acids is 1. The molecule has 2 heterocycles. The molecule has 0 saturated carbocycles. The van der Waals surface area contributed by atoms with Gasteiger partial charge in [-0.15, -0.1) is 0 Å². The van der Waals surface area contributed by atoms with Crippen molar-refractivity contribution >= 4 is 22.9 Å². The Kier molecular flexibility index (Phi) is 3.27. The Labute approximate surface area is 122 Å². The van der Waals surface area contributed by atoms with Gasteiger partial charge in [-0.05, 0) is 24.3 Å². The Morgan fingerprint density at radius 1 is 1.23 bits per heavy atom. The number of nitrogens with zero attached hydrogens (tertiary/aromatic N) is 2. The molecule has 0 aliphatic heterocycles. The largest absolute Gasteiger partial charge is 0.437 e. The second-order valence-electron chi connectivity index (χ2n) is 4.32. The van der Waals surface area contributed by atoms with Gasteiger partial charge in [-0.1, -0.05) is 6.07 Å². The zero-order valence-corrected chi connectivity index (χ0v) is 10.9. The maximum Gasteiger partial charge on any atom is 0.263 e. The fourth-order valence-corrected chi connectivity index (χ4v) is 2.00. The zero-order chi connectivity index (χ0) is 15.7.